The molecule has 1 heterocycles. The van der Waals surface area contributed by atoms with E-state index >= 15 is 0 Å². The van der Waals surface area contributed by atoms with Crippen LogP contribution in [-0.2, 0) is 19.4 Å². The van der Waals surface area contributed by atoms with Gasteiger partial charge < -0.3 is 9.47 Å². The fraction of sp³-hybridized carbons (Fsp3) is 0.600. The molecule has 0 aromatic carbocycles. The Labute approximate surface area is 114 Å². The summed E-state index contributed by atoms with van der Waals surface area (Å²) in [7, 11) is 4.05. The Balaban J connectivity index is 2.30. The first-order valence-electron chi connectivity index (χ1n) is 6.93. The smallest absolute Gasteiger partial charge is 0.268 e. The van der Waals surface area contributed by atoms with Gasteiger partial charge in [0.05, 0.1) is 0 Å². The van der Waals surface area contributed by atoms with Crippen molar-refractivity contribution in [2.75, 3.05) is 20.6 Å². The van der Waals surface area contributed by atoms with Crippen molar-refractivity contribution in [3.05, 3.63) is 33.2 Å². The fourth-order valence-corrected chi connectivity index (χ4v) is 2.71. The summed E-state index contributed by atoms with van der Waals surface area (Å²) in [5.74, 6) is 0. The highest BCUT2D eigenvalue weighted by Crippen LogP contribution is 2.22. The van der Waals surface area contributed by atoms with Gasteiger partial charge in [-0.25, -0.2) is 0 Å². The number of hydrogen-bond acceptors (Lipinski definition) is 3. The molecule has 19 heavy (non-hydrogen) atoms. The SMILES string of the molecule is CN(C)CCCn1cc2c(c(C#N)c1=O)CCCC2. The van der Waals surface area contributed by atoms with Crippen LogP contribution < -0.4 is 5.56 Å². The maximum Gasteiger partial charge on any atom is 0.268 e. The zero-order valence-electron chi connectivity index (χ0n) is 11.8. The van der Waals surface area contributed by atoms with Gasteiger partial charge >= 0.3 is 0 Å². The first-order valence-corrected chi connectivity index (χ1v) is 6.93. The molecule has 0 amide bonds. The lowest BCUT2D eigenvalue weighted by Gasteiger charge is -2.19. The molecular weight excluding hydrogens is 238 g/mol. The van der Waals surface area contributed by atoms with Crippen LogP contribution in [0.1, 0.15) is 36.0 Å². The summed E-state index contributed by atoms with van der Waals surface area (Å²) < 4.78 is 1.73. The van der Waals surface area contributed by atoms with Crippen molar-refractivity contribution in [2.45, 2.75) is 38.6 Å². The van der Waals surface area contributed by atoms with Crippen LogP contribution in [0.15, 0.2) is 11.0 Å². The highest BCUT2D eigenvalue weighted by Gasteiger charge is 2.18. The van der Waals surface area contributed by atoms with Crippen molar-refractivity contribution in [2.24, 2.45) is 0 Å². The van der Waals surface area contributed by atoms with Crippen LogP contribution in [0.2, 0.25) is 0 Å². The zero-order chi connectivity index (χ0) is 13.8. The molecule has 1 aromatic rings. The zero-order valence-corrected chi connectivity index (χ0v) is 11.8. The molecule has 4 heteroatoms. The van der Waals surface area contributed by atoms with Crippen molar-refractivity contribution in [1.82, 2.24) is 9.47 Å². The van der Waals surface area contributed by atoms with Crippen LogP contribution in [0.4, 0.5) is 0 Å². The second kappa shape index (κ2) is 6.03. The summed E-state index contributed by atoms with van der Waals surface area (Å²) >= 11 is 0. The molecule has 0 aliphatic heterocycles. The summed E-state index contributed by atoms with van der Waals surface area (Å²) in [5, 5.41) is 9.24. The molecule has 0 fully saturated rings. The fourth-order valence-electron chi connectivity index (χ4n) is 2.71. The number of nitriles is 1. The Morgan fingerprint density at radius 3 is 2.79 bits per heavy atom. The van der Waals surface area contributed by atoms with E-state index < -0.39 is 0 Å². The van der Waals surface area contributed by atoms with Crippen LogP contribution in [0.25, 0.3) is 0 Å². The molecule has 102 valence electrons. The molecule has 0 bridgehead atoms. The van der Waals surface area contributed by atoms with Crippen LogP contribution in [0, 0.1) is 11.3 Å². The van der Waals surface area contributed by atoms with E-state index in [1.54, 1.807) is 4.57 Å². The monoisotopic (exact) mass is 259 g/mol. The Hall–Kier alpha value is -1.60. The number of rotatable bonds is 4. The molecule has 2 rings (SSSR count). The predicted octanol–water partition coefficient (Wildman–Crippen LogP) is 1.55. The third kappa shape index (κ3) is 3.05. The van der Waals surface area contributed by atoms with Gasteiger partial charge in [-0.1, -0.05) is 0 Å². The molecule has 0 saturated heterocycles. The third-order valence-corrected chi connectivity index (χ3v) is 3.71. The van der Waals surface area contributed by atoms with Gasteiger partial charge in [0.1, 0.15) is 11.6 Å². The van der Waals surface area contributed by atoms with Crippen molar-refractivity contribution < 1.29 is 0 Å². The molecule has 0 N–H and O–H groups in total. The van der Waals surface area contributed by atoms with E-state index in [0.717, 1.165) is 44.2 Å². The van der Waals surface area contributed by atoms with Crippen molar-refractivity contribution >= 4 is 0 Å². The second-order valence-electron chi connectivity index (χ2n) is 5.48. The largest absolute Gasteiger partial charge is 0.314 e. The Morgan fingerprint density at radius 2 is 2.11 bits per heavy atom. The van der Waals surface area contributed by atoms with Gasteiger partial charge in [-0.2, -0.15) is 5.26 Å². The van der Waals surface area contributed by atoms with Gasteiger partial charge in [-0.3, -0.25) is 4.79 Å². The van der Waals surface area contributed by atoms with Crippen LogP contribution in [-0.4, -0.2) is 30.1 Å². The average molecular weight is 259 g/mol. The lowest BCUT2D eigenvalue weighted by Crippen LogP contribution is -2.28. The number of hydrogen-bond donors (Lipinski definition) is 0. The topological polar surface area (TPSA) is 49.0 Å². The predicted molar refractivity (Wildman–Crippen MR) is 75.2 cm³/mol. The third-order valence-electron chi connectivity index (χ3n) is 3.71. The first-order chi connectivity index (χ1) is 9.13. The Bertz CT molecular complexity index is 552. The molecule has 4 nitrogen and oxygen atoms in total. The normalized spacial score (nSPS) is 14.2. The summed E-state index contributed by atoms with van der Waals surface area (Å²) in [5.41, 5.74) is 2.47. The average Bonchev–Trinajstić information content (AvgIpc) is 2.39. The number of nitrogens with zero attached hydrogens (tertiary/aromatic N) is 3. The molecular formula is C15H21N3O. The molecule has 0 atom stereocenters. The highest BCUT2D eigenvalue weighted by molar-refractivity contribution is 5.41. The molecule has 0 radical (unpaired) electrons. The van der Waals surface area contributed by atoms with Gasteiger partial charge in [-0.15, -0.1) is 0 Å². The molecule has 1 aliphatic carbocycles. The first kappa shape index (κ1) is 13.8. The molecule has 0 spiro atoms. The van der Waals surface area contributed by atoms with E-state index in [9.17, 15) is 10.1 Å². The summed E-state index contributed by atoms with van der Waals surface area (Å²) in [4.78, 5) is 14.4. The maximum absolute atomic E-state index is 12.3. The van der Waals surface area contributed by atoms with Gasteiger partial charge in [-0.05, 0) is 63.9 Å². The minimum absolute atomic E-state index is 0.109. The van der Waals surface area contributed by atoms with Crippen molar-refractivity contribution in [3.63, 3.8) is 0 Å². The van der Waals surface area contributed by atoms with E-state index in [1.807, 2.05) is 20.3 Å². The van der Waals surface area contributed by atoms with E-state index in [0.29, 0.717) is 12.1 Å². The number of aromatic nitrogens is 1. The maximum atomic E-state index is 12.3. The lowest BCUT2D eigenvalue weighted by atomic mass is 9.90. The molecule has 0 saturated carbocycles. The van der Waals surface area contributed by atoms with Crippen LogP contribution >= 0.6 is 0 Å². The van der Waals surface area contributed by atoms with Gasteiger partial charge in [0.15, 0.2) is 0 Å². The van der Waals surface area contributed by atoms with Gasteiger partial charge in [0, 0.05) is 12.7 Å². The number of pyridine rings is 1. The Kier molecular flexibility index (Phi) is 4.39. The van der Waals surface area contributed by atoms with E-state index in [4.69, 9.17) is 0 Å². The summed E-state index contributed by atoms with van der Waals surface area (Å²) in [6, 6.07) is 2.12. The number of aryl methyl sites for hydroxylation is 2. The minimum atomic E-state index is -0.109. The Morgan fingerprint density at radius 1 is 1.37 bits per heavy atom. The summed E-state index contributed by atoms with van der Waals surface area (Å²) in [6.07, 6.45) is 7.04. The minimum Gasteiger partial charge on any atom is -0.314 e. The molecule has 0 unspecified atom stereocenters. The quantitative estimate of drug-likeness (QED) is 0.824. The lowest BCUT2D eigenvalue weighted by molar-refractivity contribution is 0.384. The molecule has 1 aliphatic rings. The van der Waals surface area contributed by atoms with E-state index in [2.05, 4.69) is 11.0 Å². The van der Waals surface area contributed by atoms with Crippen molar-refractivity contribution in [1.29, 1.82) is 5.26 Å². The van der Waals surface area contributed by atoms with Crippen molar-refractivity contribution in [3.8, 4) is 6.07 Å². The van der Waals surface area contributed by atoms with E-state index in [-0.39, 0.29) is 5.56 Å². The van der Waals surface area contributed by atoms with Crippen LogP contribution in [0.3, 0.4) is 0 Å². The van der Waals surface area contributed by atoms with Crippen LogP contribution in [0.5, 0.6) is 0 Å². The second-order valence-corrected chi connectivity index (χ2v) is 5.48. The van der Waals surface area contributed by atoms with Gasteiger partial charge in [0.25, 0.3) is 5.56 Å². The van der Waals surface area contributed by atoms with Gasteiger partial charge in [0.2, 0.25) is 0 Å². The standard InChI is InChI=1S/C15H21N3O/c1-17(2)8-5-9-18-11-12-6-3-4-7-13(12)14(10-16)15(18)19/h11H,3-9H2,1-2H3. The number of fused-ring (bicyclic) bond motifs is 1. The summed E-state index contributed by atoms with van der Waals surface area (Å²) in [6.45, 7) is 1.64. The molecule has 1 aromatic heterocycles. The highest BCUT2D eigenvalue weighted by atomic mass is 16.1. The van der Waals surface area contributed by atoms with E-state index in [1.165, 1.54) is 5.56 Å².